The Morgan fingerprint density at radius 1 is 1.35 bits per heavy atom. The van der Waals surface area contributed by atoms with Gasteiger partial charge in [-0.1, -0.05) is 23.2 Å². The van der Waals surface area contributed by atoms with E-state index in [9.17, 15) is 4.79 Å². The molecule has 6 heteroatoms. The molecule has 4 nitrogen and oxygen atoms in total. The van der Waals surface area contributed by atoms with E-state index in [0.29, 0.717) is 27.0 Å². The summed E-state index contributed by atoms with van der Waals surface area (Å²) in [5, 5.41) is 9.97. The average Bonchev–Trinajstić information content (AvgIpc) is 2.37. The number of carbonyl (C=O) groups is 1. The first kappa shape index (κ1) is 14.3. The van der Waals surface area contributed by atoms with E-state index in [-0.39, 0.29) is 11.1 Å². The van der Waals surface area contributed by atoms with Crippen LogP contribution < -0.4 is 5.73 Å². The van der Waals surface area contributed by atoms with E-state index in [1.54, 1.807) is 25.1 Å². The molecule has 1 aromatic carbocycles. The van der Waals surface area contributed by atoms with Gasteiger partial charge in [-0.15, -0.1) is 0 Å². The van der Waals surface area contributed by atoms with Crippen LogP contribution in [0.1, 0.15) is 21.6 Å². The number of pyridine rings is 1. The molecule has 0 unspecified atom stereocenters. The number of hydrogen-bond acceptors (Lipinski definition) is 3. The maximum absolute atomic E-state index is 11.4. The van der Waals surface area contributed by atoms with Crippen LogP contribution in [0.4, 0.5) is 0 Å². The zero-order chi connectivity index (χ0) is 14.9. The number of nitriles is 1. The maximum Gasteiger partial charge on any atom is 0.250 e. The molecule has 0 aliphatic rings. The fourth-order valence-corrected chi connectivity index (χ4v) is 2.35. The highest BCUT2D eigenvalue weighted by atomic mass is 35.5. The van der Waals surface area contributed by atoms with Gasteiger partial charge < -0.3 is 5.73 Å². The molecular weight excluding hydrogens is 297 g/mol. The second kappa shape index (κ2) is 5.49. The van der Waals surface area contributed by atoms with E-state index in [4.69, 9.17) is 34.2 Å². The number of nitrogens with two attached hydrogens (primary N) is 1. The Bertz CT molecular complexity index is 751. The highest BCUT2D eigenvalue weighted by Gasteiger charge is 2.16. The van der Waals surface area contributed by atoms with Gasteiger partial charge in [0, 0.05) is 10.6 Å². The van der Waals surface area contributed by atoms with Gasteiger partial charge in [0.25, 0.3) is 0 Å². The van der Waals surface area contributed by atoms with Gasteiger partial charge in [-0.2, -0.15) is 5.26 Å². The quantitative estimate of drug-likeness (QED) is 0.924. The van der Waals surface area contributed by atoms with Crippen molar-refractivity contribution in [2.45, 2.75) is 6.92 Å². The molecule has 0 saturated heterocycles. The normalized spacial score (nSPS) is 10.1. The summed E-state index contributed by atoms with van der Waals surface area (Å²) < 4.78 is 0. The van der Waals surface area contributed by atoms with Crippen molar-refractivity contribution in [3.05, 3.63) is 51.1 Å². The minimum atomic E-state index is -0.682. The van der Waals surface area contributed by atoms with E-state index in [1.807, 2.05) is 6.07 Å². The number of amides is 1. The van der Waals surface area contributed by atoms with Crippen molar-refractivity contribution in [2.75, 3.05) is 0 Å². The molecule has 0 bridgehead atoms. The SMILES string of the molecule is Cc1nc(-c2ccc(Cl)cc2Cl)cc(C(N)=O)c1C#N. The summed E-state index contributed by atoms with van der Waals surface area (Å²) in [5.74, 6) is -0.682. The van der Waals surface area contributed by atoms with Crippen molar-refractivity contribution in [2.24, 2.45) is 5.73 Å². The number of hydrogen-bond donors (Lipinski definition) is 1. The van der Waals surface area contributed by atoms with E-state index in [0.717, 1.165) is 0 Å². The van der Waals surface area contributed by atoms with Gasteiger partial charge in [0.2, 0.25) is 5.91 Å². The summed E-state index contributed by atoms with van der Waals surface area (Å²) in [6, 6.07) is 8.34. The third kappa shape index (κ3) is 2.60. The summed E-state index contributed by atoms with van der Waals surface area (Å²) in [4.78, 5) is 15.7. The monoisotopic (exact) mass is 305 g/mol. The molecule has 0 fully saturated rings. The van der Waals surface area contributed by atoms with Crippen molar-refractivity contribution >= 4 is 29.1 Å². The Labute approximate surface area is 125 Å². The molecule has 2 rings (SSSR count). The van der Waals surface area contributed by atoms with Crippen molar-refractivity contribution in [3.63, 3.8) is 0 Å². The number of aromatic nitrogens is 1. The fraction of sp³-hybridized carbons (Fsp3) is 0.0714. The molecule has 100 valence electrons. The largest absolute Gasteiger partial charge is 0.366 e. The smallest absolute Gasteiger partial charge is 0.250 e. The molecule has 0 aliphatic carbocycles. The van der Waals surface area contributed by atoms with Crippen molar-refractivity contribution in [1.29, 1.82) is 5.26 Å². The van der Waals surface area contributed by atoms with Crippen LogP contribution in [0.3, 0.4) is 0 Å². The molecule has 0 saturated carbocycles. The standard InChI is InChI=1S/C14H9Cl2N3O/c1-7-11(6-17)10(14(18)20)5-13(19-7)9-3-2-8(15)4-12(9)16/h2-5H,1H3,(H2,18,20). The highest BCUT2D eigenvalue weighted by Crippen LogP contribution is 2.30. The van der Waals surface area contributed by atoms with Gasteiger partial charge >= 0.3 is 0 Å². The minimum absolute atomic E-state index is 0.126. The van der Waals surface area contributed by atoms with E-state index < -0.39 is 5.91 Å². The van der Waals surface area contributed by atoms with Gasteiger partial charge in [0.15, 0.2) is 0 Å². The molecule has 1 heterocycles. The zero-order valence-electron chi connectivity index (χ0n) is 10.4. The number of halogens is 2. The summed E-state index contributed by atoms with van der Waals surface area (Å²) in [7, 11) is 0. The first-order valence-electron chi connectivity index (χ1n) is 5.61. The number of primary amides is 1. The van der Waals surface area contributed by atoms with Crippen LogP contribution in [0.2, 0.25) is 10.0 Å². The lowest BCUT2D eigenvalue weighted by Crippen LogP contribution is -2.14. The third-order valence-corrected chi connectivity index (χ3v) is 3.33. The topological polar surface area (TPSA) is 79.8 Å². The number of carbonyl (C=O) groups excluding carboxylic acids is 1. The minimum Gasteiger partial charge on any atom is -0.366 e. The van der Waals surface area contributed by atoms with Crippen molar-refractivity contribution in [1.82, 2.24) is 4.98 Å². The highest BCUT2D eigenvalue weighted by molar-refractivity contribution is 6.36. The van der Waals surface area contributed by atoms with Crippen LogP contribution in [0.15, 0.2) is 24.3 Å². The second-order valence-electron chi connectivity index (χ2n) is 4.12. The summed E-state index contributed by atoms with van der Waals surface area (Å²) in [6.45, 7) is 1.64. The molecular formula is C14H9Cl2N3O. The third-order valence-electron chi connectivity index (χ3n) is 2.78. The van der Waals surface area contributed by atoms with Crippen LogP contribution in [0.25, 0.3) is 11.3 Å². The maximum atomic E-state index is 11.4. The van der Waals surface area contributed by atoms with Crippen LogP contribution in [0, 0.1) is 18.3 Å². The Hall–Kier alpha value is -2.09. The van der Waals surface area contributed by atoms with Crippen molar-refractivity contribution < 1.29 is 4.79 Å². The predicted octanol–water partition coefficient (Wildman–Crippen LogP) is 3.33. The molecule has 2 N–H and O–H groups in total. The predicted molar refractivity (Wildman–Crippen MR) is 77.7 cm³/mol. The molecule has 0 aliphatic heterocycles. The number of benzene rings is 1. The first-order valence-corrected chi connectivity index (χ1v) is 6.36. The lowest BCUT2D eigenvalue weighted by atomic mass is 10.0. The molecule has 1 aromatic heterocycles. The average molecular weight is 306 g/mol. The lowest BCUT2D eigenvalue weighted by Gasteiger charge is -2.09. The lowest BCUT2D eigenvalue weighted by molar-refractivity contribution is 0.1000. The van der Waals surface area contributed by atoms with Crippen LogP contribution in [-0.2, 0) is 0 Å². The van der Waals surface area contributed by atoms with Gasteiger partial charge in [-0.05, 0) is 31.2 Å². The molecule has 0 radical (unpaired) electrons. The van der Waals surface area contributed by atoms with E-state index in [1.165, 1.54) is 6.07 Å². The molecule has 1 amide bonds. The number of aryl methyl sites for hydroxylation is 1. The number of nitrogens with zero attached hydrogens (tertiary/aromatic N) is 2. The van der Waals surface area contributed by atoms with Crippen LogP contribution in [-0.4, -0.2) is 10.9 Å². The second-order valence-corrected chi connectivity index (χ2v) is 4.96. The van der Waals surface area contributed by atoms with E-state index in [2.05, 4.69) is 4.98 Å². The van der Waals surface area contributed by atoms with Gasteiger partial charge in [-0.25, -0.2) is 0 Å². The summed E-state index contributed by atoms with van der Waals surface area (Å²) in [6.07, 6.45) is 0. The fourth-order valence-electron chi connectivity index (χ4n) is 1.84. The Kier molecular flexibility index (Phi) is 3.93. The Morgan fingerprint density at radius 3 is 2.60 bits per heavy atom. The van der Waals surface area contributed by atoms with Crippen LogP contribution in [0.5, 0.6) is 0 Å². The van der Waals surface area contributed by atoms with Crippen LogP contribution >= 0.6 is 23.2 Å². The Balaban J connectivity index is 2.71. The van der Waals surface area contributed by atoms with Gasteiger partial charge in [0.05, 0.1) is 27.5 Å². The zero-order valence-corrected chi connectivity index (χ0v) is 12.0. The van der Waals surface area contributed by atoms with Gasteiger partial charge in [-0.3, -0.25) is 9.78 Å². The van der Waals surface area contributed by atoms with Gasteiger partial charge in [0.1, 0.15) is 6.07 Å². The first-order chi connectivity index (χ1) is 9.43. The number of rotatable bonds is 2. The molecule has 0 atom stereocenters. The summed E-state index contributed by atoms with van der Waals surface area (Å²) >= 11 is 12.0. The molecule has 20 heavy (non-hydrogen) atoms. The van der Waals surface area contributed by atoms with Crippen molar-refractivity contribution in [3.8, 4) is 17.3 Å². The van der Waals surface area contributed by atoms with E-state index >= 15 is 0 Å². The Morgan fingerprint density at radius 2 is 2.05 bits per heavy atom. The molecule has 2 aromatic rings. The molecule has 0 spiro atoms. The summed E-state index contributed by atoms with van der Waals surface area (Å²) in [5.41, 5.74) is 7.10.